The van der Waals surface area contributed by atoms with Crippen LogP contribution in [0.25, 0.3) is 5.03 Å². The molecule has 1 aromatic rings. The number of hydrogen-bond acceptors (Lipinski definition) is 3. The summed E-state index contributed by atoms with van der Waals surface area (Å²) in [6.07, 6.45) is 2.91. The van der Waals surface area contributed by atoms with E-state index in [1.165, 1.54) is 18.2 Å². The zero-order valence-corrected chi connectivity index (χ0v) is 9.55. The Labute approximate surface area is 93.3 Å². The van der Waals surface area contributed by atoms with Crippen LogP contribution in [0.1, 0.15) is 5.56 Å². The Bertz CT molecular complexity index is 486. The maximum Gasteiger partial charge on any atom is 0.175 e. The van der Waals surface area contributed by atoms with E-state index in [9.17, 15) is 13.2 Å². The molecule has 0 aliphatic rings. The summed E-state index contributed by atoms with van der Waals surface area (Å²) < 4.78 is 22.3. The molecule has 0 heterocycles. The first-order chi connectivity index (χ1) is 6.95. The molecule has 0 spiro atoms. The van der Waals surface area contributed by atoms with Gasteiger partial charge in [0.05, 0.1) is 9.93 Å². The highest BCUT2D eigenvalue weighted by atomic mass is 35.5. The molecule has 5 heteroatoms. The first kappa shape index (κ1) is 11.9. The highest BCUT2D eigenvalue weighted by Crippen LogP contribution is 2.20. The number of halogens is 1. The number of hydrogen-bond donors (Lipinski definition) is 0. The lowest BCUT2D eigenvalue weighted by atomic mass is 10.2. The lowest BCUT2D eigenvalue weighted by molar-refractivity contribution is -0.104. The van der Waals surface area contributed by atoms with Crippen LogP contribution in [0.4, 0.5) is 0 Å². The minimum absolute atomic E-state index is 0.224. The second-order valence-corrected chi connectivity index (χ2v) is 5.37. The van der Waals surface area contributed by atoms with Crippen LogP contribution in [-0.4, -0.2) is 21.0 Å². The third kappa shape index (κ3) is 3.18. The molecule has 0 aromatic heterocycles. The predicted octanol–water partition coefficient (Wildman–Crippen LogP) is 1.87. The maximum atomic E-state index is 11.1. The number of carbonyl (C=O) groups is 1. The van der Waals surface area contributed by atoms with Crippen molar-refractivity contribution in [2.75, 3.05) is 6.26 Å². The van der Waals surface area contributed by atoms with Gasteiger partial charge in [-0.15, -0.1) is 0 Å². The second kappa shape index (κ2) is 4.59. The summed E-state index contributed by atoms with van der Waals surface area (Å²) in [5.41, 5.74) is 0.608. The molecule has 0 radical (unpaired) electrons. The summed E-state index contributed by atoms with van der Waals surface area (Å²) in [5.74, 6) is 0. The molecule has 0 amide bonds. The number of allylic oxidation sites excluding steroid dienone is 1. The molecule has 0 aliphatic carbocycles. The Balaban J connectivity index is 3.11. The molecule has 0 fully saturated rings. The van der Waals surface area contributed by atoms with Gasteiger partial charge in [-0.05, 0) is 23.8 Å². The molecular formula is C10H9ClO3S. The maximum absolute atomic E-state index is 11.1. The van der Waals surface area contributed by atoms with Crippen LogP contribution in [0, 0.1) is 0 Å². The number of aldehydes is 1. The first-order valence-electron chi connectivity index (χ1n) is 4.06. The molecule has 3 nitrogen and oxygen atoms in total. The second-order valence-electron chi connectivity index (χ2n) is 2.95. The van der Waals surface area contributed by atoms with E-state index in [1.54, 1.807) is 12.1 Å². The monoisotopic (exact) mass is 244 g/mol. The van der Waals surface area contributed by atoms with Crippen LogP contribution in [0.5, 0.6) is 0 Å². The van der Waals surface area contributed by atoms with E-state index in [4.69, 9.17) is 11.6 Å². The summed E-state index contributed by atoms with van der Waals surface area (Å²) in [6.45, 7) is 0. The third-order valence-electron chi connectivity index (χ3n) is 1.77. The van der Waals surface area contributed by atoms with Gasteiger partial charge in [0.15, 0.2) is 9.84 Å². The van der Waals surface area contributed by atoms with E-state index in [2.05, 4.69) is 0 Å². The van der Waals surface area contributed by atoms with Crippen molar-refractivity contribution in [3.8, 4) is 0 Å². The van der Waals surface area contributed by atoms with Crippen molar-refractivity contribution in [3.05, 3.63) is 35.9 Å². The molecule has 15 heavy (non-hydrogen) atoms. The molecule has 0 aliphatic heterocycles. The molecule has 0 saturated carbocycles. The fourth-order valence-electron chi connectivity index (χ4n) is 1.02. The molecule has 0 bridgehead atoms. The van der Waals surface area contributed by atoms with Gasteiger partial charge < -0.3 is 0 Å². The van der Waals surface area contributed by atoms with Crippen molar-refractivity contribution in [2.24, 2.45) is 0 Å². The zero-order chi connectivity index (χ0) is 11.5. The highest BCUT2D eigenvalue weighted by molar-refractivity contribution is 7.90. The quantitative estimate of drug-likeness (QED) is 0.603. The van der Waals surface area contributed by atoms with Crippen LogP contribution >= 0.6 is 11.6 Å². The van der Waals surface area contributed by atoms with Gasteiger partial charge in [-0.2, -0.15) is 0 Å². The molecule has 1 aromatic carbocycles. The van der Waals surface area contributed by atoms with Gasteiger partial charge in [-0.25, -0.2) is 8.42 Å². The van der Waals surface area contributed by atoms with Crippen LogP contribution in [0.3, 0.4) is 0 Å². The van der Waals surface area contributed by atoms with Crippen molar-refractivity contribution in [2.45, 2.75) is 4.90 Å². The summed E-state index contributed by atoms with van der Waals surface area (Å²) >= 11 is 5.75. The van der Waals surface area contributed by atoms with Gasteiger partial charge in [0, 0.05) is 6.26 Å². The van der Waals surface area contributed by atoms with Crippen molar-refractivity contribution in [3.63, 3.8) is 0 Å². The SMILES string of the molecule is CS(=O)(=O)c1ccc(/C(Cl)=C/C=O)cc1. The largest absolute Gasteiger partial charge is 0.299 e. The third-order valence-corrected chi connectivity index (χ3v) is 3.25. The summed E-state index contributed by atoms with van der Waals surface area (Å²) in [5, 5.41) is 0.282. The van der Waals surface area contributed by atoms with Gasteiger partial charge in [0.1, 0.15) is 6.29 Å². The van der Waals surface area contributed by atoms with E-state index in [-0.39, 0.29) is 9.93 Å². The van der Waals surface area contributed by atoms with Gasteiger partial charge in [-0.1, -0.05) is 23.7 Å². The molecule has 80 valence electrons. The first-order valence-corrected chi connectivity index (χ1v) is 6.33. The molecule has 0 unspecified atom stereocenters. The Morgan fingerprint density at radius 2 is 1.80 bits per heavy atom. The molecule has 0 saturated heterocycles. The van der Waals surface area contributed by atoms with Crippen LogP contribution in [0.2, 0.25) is 0 Å². The van der Waals surface area contributed by atoms with E-state index < -0.39 is 9.84 Å². The number of carbonyl (C=O) groups excluding carboxylic acids is 1. The number of benzene rings is 1. The fraction of sp³-hybridized carbons (Fsp3) is 0.100. The van der Waals surface area contributed by atoms with Crippen LogP contribution in [0.15, 0.2) is 35.2 Å². The average molecular weight is 245 g/mol. The van der Waals surface area contributed by atoms with E-state index >= 15 is 0 Å². The Kier molecular flexibility index (Phi) is 3.66. The molecule has 1 rings (SSSR count). The summed E-state index contributed by atoms with van der Waals surface area (Å²) in [4.78, 5) is 10.4. The molecule has 0 atom stereocenters. The minimum Gasteiger partial charge on any atom is -0.299 e. The van der Waals surface area contributed by atoms with E-state index in [1.807, 2.05) is 0 Å². The smallest absolute Gasteiger partial charge is 0.175 e. The lowest BCUT2D eigenvalue weighted by Gasteiger charge is -2.00. The fourth-order valence-corrected chi connectivity index (χ4v) is 1.83. The van der Waals surface area contributed by atoms with Crippen molar-refractivity contribution < 1.29 is 13.2 Å². The molecular weight excluding hydrogens is 236 g/mol. The average Bonchev–Trinajstić information content (AvgIpc) is 2.17. The van der Waals surface area contributed by atoms with Gasteiger partial charge in [-0.3, -0.25) is 4.79 Å². The summed E-state index contributed by atoms with van der Waals surface area (Å²) in [6, 6.07) is 6.01. The predicted molar refractivity (Wildman–Crippen MR) is 59.4 cm³/mol. The van der Waals surface area contributed by atoms with E-state index in [0.717, 1.165) is 6.26 Å². The van der Waals surface area contributed by atoms with Crippen molar-refractivity contribution in [1.82, 2.24) is 0 Å². The highest BCUT2D eigenvalue weighted by Gasteiger charge is 2.06. The van der Waals surface area contributed by atoms with Gasteiger partial charge in [0.2, 0.25) is 0 Å². The Hall–Kier alpha value is -1.13. The van der Waals surface area contributed by atoms with Crippen LogP contribution < -0.4 is 0 Å². The lowest BCUT2D eigenvalue weighted by Crippen LogP contribution is -1.96. The van der Waals surface area contributed by atoms with E-state index in [0.29, 0.717) is 11.8 Å². The van der Waals surface area contributed by atoms with Crippen molar-refractivity contribution in [1.29, 1.82) is 0 Å². The Morgan fingerprint density at radius 1 is 1.27 bits per heavy atom. The van der Waals surface area contributed by atoms with Crippen molar-refractivity contribution >= 4 is 32.8 Å². The van der Waals surface area contributed by atoms with Crippen LogP contribution in [-0.2, 0) is 14.6 Å². The number of rotatable bonds is 3. The summed E-state index contributed by atoms with van der Waals surface area (Å²) in [7, 11) is -3.19. The normalized spacial score (nSPS) is 12.5. The Morgan fingerprint density at radius 3 is 2.20 bits per heavy atom. The molecule has 0 N–H and O–H groups in total. The van der Waals surface area contributed by atoms with Gasteiger partial charge >= 0.3 is 0 Å². The standard InChI is InChI=1S/C10H9ClO3S/c1-15(13,14)9-4-2-8(3-5-9)10(11)6-7-12/h2-7H,1H3/b10-6-. The zero-order valence-electron chi connectivity index (χ0n) is 7.98. The number of sulfone groups is 1. The minimum atomic E-state index is -3.19. The topological polar surface area (TPSA) is 51.2 Å². The van der Waals surface area contributed by atoms with Gasteiger partial charge in [0.25, 0.3) is 0 Å².